The van der Waals surface area contributed by atoms with E-state index in [0.717, 1.165) is 48.1 Å². The monoisotopic (exact) mass is 480 g/mol. The number of carbonyl (C=O) groups excluding carboxylic acids is 2. The van der Waals surface area contributed by atoms with Crippen molar-refractivity contribution in [2.75, 3.05) is 26.2 Å². The standard InChI is InChI=1S/C22H22BrFN2O2.ClH/c23-18-4-1-17-13-26(22(28)20(17)11-18)12-15-7-9-25(10-8-15)14-21(27)16-2-5-19(24)6-3-16;/h1-6,11,15H,7-10,12-14H2;1H. The number of Topliss-reactive ketones (excluding diaryl/α,β-unsaturated/α-hetero) is 1. The molecule has 2 aromatic rings. The maximum absolute atomic E-state index is 13.0. The van der Waals surface area contributed by atoms with E-state index in [1.165, 1.54) is 12.1 Å². The Morgan fingerprint density at radius 2 is 1.79 bits per heavy atom. The fraction of sp³-hybridized carbons (Fsp3) is 0.364. The Balaban J connectivity index is 0.00000240. The van der Waals surface area contributed by atoms with E-state index in [-0.39, 0.29) is 29.9 Å². The minimum absolute atomic E-state index is 0. The lowest BCUT2D eigenvalue weighted by molar-refractivity contribution is 0.0707. The predicted molar refractivity (Wildman–Crippen MR) is 116 cm³/mol. The number of rotatable bonds is 5. The lowest BCUT2D eigenvalue weighted by Crippen LogP contribution is -2.40. The molecule has 4 nitrogen and oxygen atoms in total. The van der Waals surface area contributed by atoms with Gasteiger partial charge in [-0.15, -0.1) is 12.4 Å². The number of nitrogens with zero attached hydrogens (tertiary/aromatic N) is 2. The molecule has 2 heterocycles. The van der Waals surface area contributed by atoms with Crippen LogP contribution in [0.2, 0.25) is 0 Å². The SMILES string of the molecule is Cl.O=C(CN1CCC(CN2Cc3ccc(Br)cc3C2=O)CC1)c1ccc(F)cc1. The lowest BCUT2D eigenvalue weighted by Gasteiger charge is -2.33. The number of halogens is 3. The summed E-state index contributed by atoms with van der Waals surface area (Å²) in [5.41, 5.74) is 2.45. The number of carbonyl (C=O) groups is 2. The highest BCUT2D eigenvalue weighted by molar-refractivity contribution is 9.10. The fourth-order valence-electron chi connectivity index (χ4n) is 4.05. The van der Waals surface area contributed by atoms with Gasteiger partial charge in [-0.1, -0.05) is 22.0 Å². The molecule has 154 valence electrons. The Morgan fingerprint density at radius 3 is 2.48 bits per heavy atom. The maximum atomic E-state index is 13.0. The van der Waals surface area contributed by atoms with Gasteiger partial charge in [0, 0.05) is 28.7 Å². The van der Waals surface area contributed by atoms with Gasteiger partial charge in [-0.05, 0) is 73.8 Å². The molecule has 1 saturated heterocycles. The van der Waals surface area contributed by atoms with Crippen LogP contribution >= 0.6 is 28.3 Å². The van der Waals surface area contributed by atoms with E-state index < -0.39 is 0 Å². The predicted octanol–water partition coefficient (Wildman–Crippen LogP) is 4.56. The smallest absolute Gasteiger partial charge is 0.254 e. The van der Waals surface area contributed by atoms with E-state index in [1.807, 2.05) is 23.1 Å². The highest BCUT2D eigenvalue weighted by Crippen LogP contribution is 2.28. The minimum Gasteiger partial charge on any atom is -0.334 e. The Hall–Kier alpha value is -1.76. The summed E-state index contributed by atoms with van der Waals surface area (Å²) in [6.07, 6.45) is 1.95. The summed E-state index contributed by atoms with van der Waals surface area (Å²) < 4.78 is 13.9. The summed E-state index contributed by atoms with van der Waals surface area (Å²) in [5.74, 6) is 0.265. The molecule has 29 heavy (non-hydrogen) atoms. The van der Waals surface area contributed by atoms with E-state index in [1.54, 1.807) is 12.1 Å². The maximum Gasteiger partial charge on any atom is 0.254 e. The van der Waals surface area contributed by atoms with Gasteiger partial charge in [0.15, 0.2) is 5.78 Å². The minimum atomic E-state index is -0.330. The number of amides is 1. The number of benzene rings is 2. The van der Waals surface area contributed by atoms with Gasteiger partial charge in [-0.25, -0.2) is 4.39 Å². The molecule has 2 aliphatic rings. The van der Waals surface area contributed by atoms with Crippen LogP contribution in [0, 0.1) is 11.7 Å². The van der Waals surface area contributed by atoms with Gasteiger partial charge >= 0.3 is 0 Å². The third-order valence-electron chi connectivity index (χ3n) is 5.67. The van der Waals surface area contributed by atoms with Crippen LogP contribution in [0.1, 0.15) is 39.1 Å². The molecule has 7 heteroatoms. The van der Waals surface area contributed by atoms with Gasteiger partial charge in [0.1, 0.15) is 5.82 Å². The number of fused-ring (bicyclic) bond motifs is 1. The molecule has 1 amide bonds. The molecule has 4 rings (SSSR count). The average Bonchev–Trinajstić information content (AvgIpc) is 2.99. The Morgan fingerprint density at radius 1 is 1.10 bits per heavy atom. The second kappa shape index (κ2) is 9.37. The second-order valence-corrected chi connectivity index (χ2v) is 8.55. The van der Waals surface area contributed by atoms with Crippen LogP contribution in [0.4, 0.5) is 4.39 Å². The molecule has 0 N–H and O–H groups in total. The molecule has 0 saturated carbocycles. The summed E-state index contributed by atoms with van der Waals surface area (Å²) in [4.78, 5) is 29.1. The molecule has 0 spiro atoms. The van der Waals surface area contributed by atoms with E-state index in [9.17, 15) is 14.0 Å². The van der Waals surface area contributed by atoms with Gasteiger partial charge in [0.25, 0.3) is 5.91 Å². The van der Waals surface area contributed by atoms with Crippen LogP contribution < -0.4 is 0 Å². The Bertz CT molecular complexity index is 898. The Labute approximate surface area is 184 Å². The summed E-state index contributed by atoms with van der Waals surface area (Å²) in [7, 11) is 0. The molecule has 2 aromatic carbocycles. The van der Waals surface area contributed by atoms with Crippen molar-refractivity contribution in [3.05, 3.63) is 69.4 Å². The molecule has 1 fully saturated rings. The van der Waals surface area contributed by atoms with Crippen LogP contribution in [0.25, 0.3) is 0 Å². The summed E-state index contributed by atoms with van der Waals surface area (Å²) in [5, 5.41) is 0. The van der Waals surface area contributed by atoms with E-state index >= 15 is 0 Å². The van der Waals surface area contributed by atoms with E-state index in [0.29, 0.717) is 24.6 Å². The zero-order valence-corrected chi connectivity index (χ0v) is 18.3. The number of hydrogen-bond donors (Lipinski definition) is 0. The van der Waals surface area contributed by atoms with Crippen LogP contribution in [-0.2, 0) is 6.54 Å². The second-order valence-electron chi connectivity index (χ2n) is 7.64. The van der Waals surface area contributed by atoms with Crippen molar-refractivity contribution in [3.8, 4) is 0 Å². The first kappa shape index (κ1) is 21.9. The number of likely N-dealkylation sites (tertiary alicyclic amines) is 1. The van der Waals surface area contributed by atoms with Crippen LogP contribution in [0.15, 0.2) is 46.9 Å². The molecule has 0 atom stereocenters. The van der Waals surface area contributed by atoms with Gasteiger partial charge in [0.05, 0.1) is 6.54 Å². The third-order valence-corrected chi connectivity index (χ3v) is 6.16. The zero-order valence-electron chi connectivity index (χ0n) is 15.9. The highest BCUT2D eigenvalue weighted by atomic mass is 79.9. The first-order valence-corrected chi connectivity index (χ1v) is 10.4. The molecular weight excluding hydrogens is 459 g/mol. The molecule has 2 aliphatic heterocycles. The van der Waals surface area contributed by atoms with Crippen molar-refractivity contribution >= 4 is 40.0 Å². The molecule has 0 unspecified atom stereocenters. The molecular formula is C22H23BrClFN2O2. The van der Waals surface area contributed by atoms with Crippen molar-refractivity contribution < 1.29 is 14.0 Å². The van der Waals surface area contributed by atoms with Crippen molar-refractivity contribution in [1.29, 1.82) is 0 Å². The van der Waals surface area contributed by atoms with Crippen molar-refractivity contribution in [2.24, 2.45) is 5.92 Å². The average molecular weight is 482 g/mol. The molecule has 0 radical (unpaired) electrons. The normalized spacial score (nSPS) is 17.2. The molecule has 0 aromatic heterocycles. The highest BCUT2D eigenvalue weighted by Gasteiger charge is 2.30. The van der Waals surface area contributed by atoms with Crippen LogP contribution in [0.5, 0.6) is 0 Å². The zero-order chi connectivity index (χ0) is 19.7. The van der Waals surface area contributed by atoms with Gasteiger partial charge in [-0.3, -0.25) is 14.5 Å². The summed E-state index contributed by atoms with van der Waals surface area (Å²) in [6.45, 7) is 3.51. The largest absolute Gasteiger partial charge is 0.334 e. The first-order chi connectivity index (χ1) is 13.5. The van der Waals surface area contributed by atoms with Crippen molar-refractivity contribution in [2.45, 2.75) is 19.4 Å². The first-order valence-electron chi connectivity index (χ1n) is 9.58. The molecule has 0 bridgehead atoms. The number of hydrogen-bond acceptors (Lipinski definition) is 3. The number of ketones is 1. The van der Waals surface area contributed by atoms with Crippen LogP contribution in [-0.4, -0.2) is 47.7 Å². The van der Waals surface area contributed by atoms with E-state index in [2.05, 4.69) is 20.8 Å². The Kier molecular flexibility index (Phi) is 7.09. The number of piperidine rings is 1. The van der Waals surface area contributed by atoms with Crippen molar-refractivity contribution in [3.63, 3.8) is 0 Å². The quantitative estimate of drug-likeness (QED) is 0.588. The fourth-order valence-corrected chi connectivity index (χ4v) is 4.41. The van der Waals surface area contributed by atoms with Crippen molar-refractivity contribution in [1.82, 2.24) is 9.80 Å². The summed E-state index contributed by atoms with van der Waals surface area (Å²) in [6, 6.07) is 11.6. The van der Waals surface area contributed by atoms with E-state index in [4.69, 9.17) is 0 Å². The lowest BCUT2D eigenvalue weighted by atomic mass is 9.95. The van der Waals surface area contributed by atoms with Crippen LogP contribution in [0.3, 0.4) is 0 Å². The summed E-state index contributed by atoms with van der Waals surface area (Å²) >= 11 is 3.43. The van der Waals surface area contributed by atoms with Gasteiger partial charge < -0.3 is 4.90 Å². The topological polar surface area (TPSA) is 40.6 Å². The van der Waals surface area contributed by atoms with Gasteiger partial charge in [0.2, 0.25) is 0 Å². The van der Waals surface area contributed by atoms with Gasteiger partial charge in [-0.2, -0.15) is 0 Å². The third kappa shape index (κ3) is 5.05. The molecule has 0 aliphatic carbocycles.